The van der Waals surface area contributed by atoms with Crippen LogP contribution in [0.5, 0.6) is 5.75 Å². The van der Waals surface area contributed by atoms with Gasteiger partial charge in [-0.05, 0) is 63.1 Å². The molecule has 0 radical (unpaired) electrons. The number of aromatic nitrogens is 2. The Labute approximate surface area is 147 Å². The predicted molar refractivity (Wildman–Crippen MR) is 101 cm³/mol. The van der Waals surface area contributed by atoms with Gasteiger partial charge in [-0.15, -0.1) is 0 Å². The first-order valence-corrected chi connectivity index (χ1v) is 8.32. The van der Waals surface area contributed by atoms with Gasteiger partial charge in [-0.25, -0.2) is 4.98 Å². The van der Waals surface area contributed by atoms with Gasteiger partial charge in [0.2, 0.25) is 0 Å². The molecule has 1 N–H and O–H groups in total. The molecule has 3 rings (SSSR count). The summed E-state index contributed by atoms with van der Waals surface area (Å²) in [5.41, 5.74) is 5.52. The summed E-state index contributed by atoms with van der Waals surface area (Å²) in [5, 5.41) is 9.63. The highest BCUT2D eigenvalue weighted by molar-refractivity contribution is 5.91. The Hall–Kier alpha value is -3.06. The van der Waals surface area contributed by atoms with Crippen molar-refractivity contribution in [3.8, 4) is 11.8 Å². The van der Waals surface area contributed by atoms with Crippen molar-refractivity contribution < 1.29 is 4.74 Å². The number of imidazole rings is 1. The van der Waals surface area contributed by atoms with Crippen LogP contribution in [0, 0.1) is 25.2 Å². The number of benzene rings is 2. The van der Waals surface area contributed by atoms with Gasteiger partial charge in [0.15, 0.2) is 0 Å². The maximum Gasteiger partial charge on any atom is 0.149 e. The number of nitrogens with one attached hydrogen (secondary N) is 1. The third-order valence-electron chi connectivity index (χ3n) is 4.05. The Morgan fingerprint density at radius 2 is 1.92 bits per heavy atom. The number of hydrogen-bond acceptors (Lipinski definition) is 3. The van der Waals surface area contributed by atoms with Crippen LogP contribution in [-0.4, -0.2) is 16.1 Å². The van der Waals surface area contributed by atoms with Crippen LogP contribution in [0.15, 0.2) is 36.4 Å². The molecule has 2 aromatic carbocycles. The maximum atomic E-state index is 9.63. The summed E-state index contributed by atoms with van der Waals surface area (Å²) in [5.74, 6) is 1.33. The molecule has 1 heterocycles. The van der Waals surface area contributed by atoms with E-state index in [1.54, 1.807) is 0 Å². The van der Waals surface area contributed by atoms with E-state index in [0.717, 1.165) is 22.3 Å². The van der Waals surface area contributed by atoms with Gasteiger partial charge in [0, 0.05) is 5.56 Å². The van der Waals surface area contributed by atoms with Crippen molar-refractivity contribution in [1.82, 2.24) is 9.97 Å². The van der Waals surface area contributed by atoms with Crippen molar-refractivity contribution in [2.75, 3.05) is 0 Å². The van der Waals surface area contributed by atoms with Gasteiger partial charge in [-0.2, -0.15) is 5.26 Å². The van der Waals surface area contributed by atoms with Gasteiger partial charge in [0.25, 0.3) is 0 Å². The Morgan fingerprint density at radius 3 is 2.64 bits per heavy atom. The molecule has 126 valence electrons. The monoisotopic (exact) mass is 331 g/mol. The van der Waals surface area contributed by atoms with Gasteiger partial charge in [-0.3, -0.25) is 0 Å². The highest BCUT2D eigenvalue weighted by Crippen LogP contribution is 2.26. The topological polar surface area (TPSA) is 61.7 Å². The van der Waals surface area contributed by atoms with Gasteiger partial charge >= 0.3 is 0 Å². The van der Waals surface area contributed by atoms with Gasteiger partial charge in [0.05, 0.1) is 22.7 Å². The summed E-state index contributed by atoms with van der Waals surface area (Å²) in [4.78, 5) is 7.84. The van der Waals surface area contributed by atoms with Crippen molar-refractivity contribution in [1.29, 1.82) is 5.26 Å². The molecule has 0 spiro atoms. The number of hydrogen-bond donors (Lipinski definition) is 1. The van der Waals surface area contributed by atoms with Crippen LogP contribution < -0.4 is 4.74 Å². The predicted octanol–water partition coefficient (Wildman–Crippen LogP) is 5.03. The first-order chi connectivity index (χ1) is 12.0. The molecule has 25 heavy (non-hydrogen) atoms. The maximum absolute atomic E-state index is 9.63. The van der Waals surface area contributed by atoms with Crippen molar-refractivity contribution in [3.63, 3.8) is 0 Å². The molecule has 0 unspecified atom stereocenters. The Morgan fingerprint density at radius 1 is 1.20 bits per heavy atom. The minimum absolute atomic E-state index is 0.0669. The zero-order chi connectivity index (χ0) is 18.0. The molecule has 0 atom stereocenters. The van der Waals surface area contributed by atoms with E-state index < -0.39 is 0 Å². The SMILES string of the molecule is Cc1cc2nc(/C(C#N)=C\c3ccccc3OC(C)C)[nH]c2cc1C. The zero-order valence-corrected chi connectivity index (χ0v) is 14.9. The number of rotatable bonds is 4. The average Bonchev–Trinajstić information content (AvgIpc) is 2.96. The van der Waals surface area contributed by atoms with Crippen LogP contribution in [0.4, 0.5) is 0 Å². The van der Waals surface area contributed by atoms with Gasteiger partial charge < -0.3 is 9.72 Å². The highest BCUT2D eigenvalue weighted by Gasteiger charge is 2.11. The lowest BCUT2D eigenvalue weighted by Crippen LogP contribution is -2.06. The van der Waals surface area contributed by atoms with E-state index in [1.165, 1.54) is 11.1 Å². The fourth-order valence-corrected chi connectivity index (χ4v) is 2.67. The second-order valence-electron chi connectivity index (χ2n) is 6.41. The molecule has 4 nitrogen and oxygen atoms in total. The number of ether oxygens (including phenoxy) is 1. The molecule has 1 aromatic heterocycles. The van der Waals surface area contributed by atoms with Crippen LogP contribution in [0.3, 0.4) is 0 Å². The molecule has 0 bridgehead atoms. The summed E-state index contributed by atoms with van der Waals surface area (Å²) >= 11 is 0. The Bertz CT molecular complexity index is 951. The second kappa shape index (κ2) is 6.82. The fourth-order valence-electron chi connectivity index (χ4n) is 2.67. The lowest BCUT2D eigenvalue weighted by Gasteiger charge is -2.12. The average molecular weight is 331 g/mol. The van der Waals surface area contributed by atoms with E-state index in [4.69, 9.17) is 4.74 Å². The van der Waals surface area contributed by atoms with Crippen LogP contribution in [0.2, 0.25) is 0 Å². The Balaban J connectivity index is 2.06. The first-order valence-electron chi connectivity index (χ1n) is 8.32. The van der Waals surface area contributed by atoms with Crippen molar-refractivity contribution in [2.45, 2.75) is 33.8 Å². The molecule has 0 aliphatic rings. The Kier molecular flexibility index (Phi) is 4.58. The molecule has 0 fully saturated rings. The molecule has 3 aromatic rings. The fraction of sp³-hybridized carbons (Fsp3) is 0.238. The standard InChI is InChI=1S/C21H21N3O/c1-13(2)25-20-8-6-5-7-16(20)11-17(12-22)21-23-18-9-14(3)15(4)10-19(18)24-21/h5-11,13H,1-4H3,(H,23,24)/b17-11-. The summed E-state index contributed by atoms with van der Waals surface area (Å²) in [6.45, 7) is 8.09. The zero-order valence-electron chi connectivity index (χ0n) is 14.9. The normalized spacial score (nSPS) is 11.8. The number of fused-ring (bicyclic) bond motifs is 1. The lowest BCUT2D eigenvalue weighted by molar-refractivity contribution is 0.242. The molecule has 0 aliphatic heterocycles. The van der Waals surface area contributed by atoms with Gasteiger partial charge in [-0.1, -0.05) is 18.2 Å². The number of allylic oxidation sites excluding steroid dienone is 1. The van der Waals surface area contributed by atoms with E-state index >= 15 is 0 Å². The first kappa shape index (κ1) is 16.8. The summed E-state index contributed by atoms with van der Waals surface area (Å²) in [6, 6.07) is 14.0. The molecule has 0 saturated heterocycles. The third-order valence-corrected chi connectivity index (χ3v) is 4.05. The summed E-state index contributed by atoms with van der Waals surface area (Å²) in [7, 11) is 0. The van der Waals surface area contributed by atoms with Crippen LogP contribution in [0.1, 0.15) is 36.4 Å². The third kappa shape index (κ3) is 3.56. The number of aryl methyl sites for hydroxylation is 2. The molecule has 0 aliphatic carbocycles. The molecule has 4 heteroatoms. The number of aromatic amines is 1. The largest absolute Gasteiger partial charge is 0.490 e. The lowest BCUT2D eigenvalue weighted by atomic mass is 10.1. The number of para-hydroxylation sites is 1. The van der Waals surface area contributed by atoms with Crippen molar-refractivity contribution in [2.24, 2.45) is 0 Å². The van der Waals surface area contributed by atoms with E-state index in [1.807, 2.05) is 50.3 Å². The molecular weight excluding hydrogens is 310 g/mol. The van der Waals surface area contributed by atoms with E-state index in [-0.39, 0.29) is 6.10 Å². The number of H-pyrrole nitrogens is 1. The smallest absolute Gasteiger partial charge is 0.149 e. The van der Waals surface area contributed by atoms with Crippen LogP contribution in [0.25, 0.3) is 22.7 Å². The van der Waals surface area contributed by atoms with Crippen LogP contribution >= 0.6 is 0 Å². The van der Waals surface area contributed by atoms with Crippen molar-refractivity contribution >= 4 is 22.7 Å². The van der Waals surface area contributed by atoms with Crippen LogP contribution in [-0.2, 0) is 0 Å². The number of nitriles is 1. The molecular formula is C21H21N3O. The second-order valence-corrected chi connectivity index (χ2v) is 6.41. The quantitative estimate of drug-likeness (QED) is 0.682. The summed E-state index contributed by atoms with van der Waals surface area (Å²) < 4.78 is 5.83. The summed E-state index contributed by atoms with van der Waals surface area (Å²) in [6.07, 6.45) is 1.88. The minimum atomic E-state index is 0.0669. The highest BCUT2D eigenvalue weighted by atomic mass is 16.5. The van der Waals surface area contributed by atoms with E-state index in [2.05, 4.69) is 36.0 Å². The molecule has 0 amide bonds. The van der Waals surface area contributed by atoms with E-state index in [0.29, 0.717) is 11.4 Å². The van der Waals surface area contributed by atoms with Gasteiger partial charge in [0.1, 0.15) is 17.6 Å². The molecule has 0 saturated carbocycles. The van der Waals surface area contributed by atoms with Crippen molar-refractivity contribution in [3.05, 3.63) is 58.9 Å². The number of nitrogens with zero attached hydrogens (tertiary/aromatic N) is 2. The minimum Gasteiger partial charge on any atom is -0.490 e. The van der Waals surface area contributed by atoms with E-state index in [9.17, 15) is 5.26 Å².